The SMILES string of the molecule is CC[C@H](C)[C@@H]([C@@H](CC(=O)N1CCC[C@H]1[C@H](OC)[C@@H](C)C(=O)NCCc1cccc(NC(=O)[C@H](C)NC(=O)[C@H](C)NC)c1)OC)N(C)C(=O)[C@@H](NC(=O)[C@H](C(C)C)N(C)C)C(C)C. The Balaban J connectivity index is 2.14. The average molecular weight is 873 g/mol. The monoisotopic (exact) mass is 873 g/mol. The molecule has 0 saturated carbocycles. The normalized spacial score (nSPS) is 18.5. The molecule has 6 amide bonds. The van der Waals surface area contributed by atoms with Crippen molar-refractivity contribution in [3.05, 3.63) is 29.8 Å². The second kappa shape index (κ2) is 25.9. The van der Waals surface area contributed by atoms with Crippen LogP contribution in [-0.2, 0) is 44.7 Å². The lowest BCUT2D eigenvalue weighted by Gasteiger charge is -2.41. The average Bonchev–Trinajstić information content (AvgIpc) is 3.71. The van der Waals surface area contributed by atoms with Gasteiger partial charge in [0.05, 0.1) is 48.7 Å². The summed E-state index contributed by atoms with van der Waals surface area (Å²) in [5.74, 6) is -2.17. The van der Waals surface area contributed by atoms with Gasteiger partial charge < -0.3 is 45.9 Å². The second-order valence-electron chi connectivity index (χ2n) is 17.9. The highest BCUT2D eigenvalue weighted by Crippen LogP contribution is 2.30. The number of likely N-dealkylation sites (N-methyl/N-ethyl adjacent to an activating group) is 3. The quantitative estimate of drug-likeness (QED) is 0.0977. The third-order valence-electron chi connectivity index (χ3n) is 12.4. The third-order valence-corrected chi connectivity index (χ3v) is 12.4. The number of carbonyl (C=O) groups excluding carboxylic acids is 6. The Morgan fingerprint density at radius 1 is 0.839 bits per heavy atom. The van der Waals surface area contributed by atoms with Crippen LogP contribution in [0.2, 0.25) is 0 Å². The molecule has 0 aromatic heterocycles. The molecule has 2 rings (SSSR count). The molecule has 5 N–H and O–H groups in total. The number of benzene rings is 1. The summed E-state index contributed by atoms with van der Waals surface area (Å²) in [5, 5.41) is 14.4. The lowest BCUT2D eigenvalue weighted by molar-refractivity contribution is -0.148. The van der Waals surface area contributed by atoms with E-state index in [4.69, 9.17) is 9.47 Å². The first-order valence-corrected chi connectivity index (χ1v) is 22.4. The highest BCUT2D eigenvalue weighted by molar-refractivity contribution is 5.97. The van der Waals surface area contributed by atoms with Crippen LogP contribution in [0.15, 0.2) is 24.3 Å². The summed E-state index contributed by atoms with van der Waals surface area (Å²) in [5.41, 5.74) is 1.48. The van der Waals surface area contributed by atoms with Crippen molar-refractivity contribution < 1.29 is 38.2 Å². The first-order chi connectivity index (χ1) is 29.1. The van der Waals surface area contributed by atoms with E-state index >= 15 is 0 Å². The van der Waals surface area contributed by atoms with E-state index in [1.54, 1.807) is 65.0 Å². The number of ether oxygens (including phenoxy) is 2. The van der Waals surface area contributed by atoms with E-state index in [0.29, 0.717) is 31.6 Å². The molecule has 1 heterocycles. The maximum absolute atomic E-state index is 14.3. The number of nitrogens with one attached hydrogen (secondary N) is 5. The maximum atomic E-state index is 14.3. The van der Waals surface area contributed by atoms with E-state index in [-0.39, 0.29) is 65.7 Å². The van der Waals surface area contributed by atoms with Crippen LogP contribution in [0.5, 0.6) is 0 Å². The number of hydrogen-bond donors (Lipinski definition) is 5. The predicted molar refractivity (Wildman–Crippen MR) is 243 cm³/mol. The van der Waals surface area contributed by atoms with Crippen LogP contribution in [0.25, 0.3) is 0 Å². The Morgan fingerprint density at radius 2 is 1.50 bits per heavy atom. The Kier molecular flexibility index (Phi) is 22.5. The van der Waals surface area contributed by atoms with Gasteiger partial charge >= 0.3 is 0 Å². The Morgan fingerprint density at radius 3 is 2.05 bits per heavy atom. The van der Waals surface area contributed by atoms with E-state index in [1.807, 2.05) is 78.7 Å². The molecule has 0 radical (unpaired) electrons. The van der Waals surface area contributed by atoms with Gasteiger partial charge in [-0.2, -0.15) is 0 Å². The molecular formula is C46H80N8O8. The van der Waals surface area contributed by atoms with Gasteiger partial charge in [-0.3, -0.25) is 33.7 Å². The third kappa shape index (κ3) is 15.0. The van der Waals surface area contributed by atoms with E-state index in [1.165, 1.54) is 0 Å². The molecule has 0 unspecified atom stereocenters. The largest absolute Gasteiger partial charge is 0.379 e. The number of rotatable bonds is 25. The second-order valence-corrected chi connectivity index (χ2v) is 17.9. The van der Waals surface area contributed by atoms with E-state index in [2.05, 4.69) is 26.6 Å². The molecule has 1 aromatic carbocycles. The van der Waals surface area contributed by atoms with Gasteiger partial charge in [0.15, 0.2) is 0 Å². The lowest BCUT2D eigenvalue weighted by atomic mass is 9.89. The number of anilines is 1. The van der Waals surface area contributed by atoms with Gasteiger partial charge in [0.25, 0.3) is 0 Å². The maximum Gasteiger partial charge on any atom is 0.246 e. The highest BCUT2D eigenvalue weighted by Gasteiger charge is 2.43. The minimum atomic E-state index is -0.771. The number of amides is 6. The van der Waals surface area contributed by atoms with E-state index < -0.39 is 48.3 Å². The highest BCUT2D eigenvalue weighted by atomic mass is 16.5. The van der Waals surface area contributed by atoms with Crippen LogP contribution < -0.4 is 26.6 Å². The lowest BCUT2D eigenvalue weighted by Crippen LogP contribution is -2.59. The molecule has 0 bridgehead atoms. The van der Waals surface area contributed by atoms with Crippen molar-refractivity contribution in [2.45, 2.75) is 143 Å². The summed E-state index contributed by atoms with van der Waals surface area (Å²) in [6, 6.07) is 4.18. The molecule has 16 nitrogen and oxygen atoms in total. The molecule has 352 valence electrons. The molecule has 16 heteroatoms. The summed E-state index contributed by atoms with van der Waals surface area (Å²) in [6.07, 6.45) is 1.48. The van der Waals surface area contributed by atoms with Gasteiger partial charge in [-0.05, 0) is 89.7 Å². The molecule has 62 heavy (non-hydrogen) atoms. The minimum absolute atomic E-state index is 0.0218. The van der Waals surface area contributed by atoms with Crippen LogP contribution in [0.1, 0.15) is 93.6 Å². The molecular weight excluding hydrogens is 793 g/mol. The van der Waals surface area contributed by atoms with Crippen LogP contribution in [0.3, 0.4) is 0 Å². The summed E-state index contributed by atoms with van der Waals surface area (Å²) < 4.78 is 12.0. The minimum Gasteiger partial charge on any atom is -0.379 e. The molecule has 1 aliphatic rings. The van der Waals surface area contributed by atoms with Gasteiger partial charge in [-0.15, -0.1) is 0 Å². The van der Waals surface area contributed by atoms with Gasteiger partial charge in [-0.25, -0.2) is 0 Å². The molecule has 1 fully saturated rings. The van der Waals surface area contributed by atoms with E-state index in [0.717, 1.165) is 18.4 Å². The summed E-state index contributed by atoms with van der Waals surface area (Å²) in [4.78, 5) is 85.8. The Hall–Kier alpha value is -4.12. The van der Waals surface area contributed by atoms with Crippen molar-refractivity contribution in [2.75, 3.05) is 60.8 Å². The number of likely N-dealkylation sites (tertiary alicyclic amines) is 1. The van der Waals surface area contributed by atoms with Crippen molar-refractivity contribution in [3.8, 4) is 0 Å². The fraction of sp³-hybridized carbons (Fsp3) is 0.739. The smallest absolute Gasteiger partial charge is 0.246 e. The van der Waals surface area contributed by atoms with Crippen LogP contribution in [0.4, 0.5) is 5.69 Å². The molecule has 1 aliphatic heterocycles. The number of carbonyl (C=O) groups is 6. The number of methoxy groups -OCH3 is 2. The van der Waals surface area contributed by atoms with Crippen LogP contribution in [0, 0.1) is 23.7 Å². The van der Waals surface area contributed by atoms with Crippen LogP contribution >= 0.6 is 0 Å². The molecule has 10 atom stereocenters. The van der Waals surface area contributed by atoms with Gasteiger partial charge in [-0.1, -0.05) is 67.0 Å². The fourth-order valence-electron chi connectivity index (χ4n) is 8.49. The van der Waals surface area contributed by atoms with Gasteiger partial charge in [0.1, 0.15) is 12.1 Å². The zero-order valence-corrected chi connectivity index (χ0v) is 40.3. The van der Waals surface area contributed by atoms with Crippen molar-refractivity contribution in [1.82, 2.24) is 36.0 Å². The van der Waals surface area contributed by atoms with Crippen LogP contribution in [-0.4, -0.2) is 154 Å². The summed E-state index contributed by atoms with van der Waals surface area (Å²) >= 11 is 0. The molecule has 1 aromatic rings. The summed E-state index contributed by atoms with van der Waals surface area (Å²) in [6.45, 7) is 17.8. The fourth-order valence-corrected chi connectivity index (χ4v) is 8.49. The zero-order chi connectivity index (χ0) is 47.0. The van der Waals surface area contributed by atoms with Crippen molar-refractivity contribution in [2.24, 2.45) is 23.7 Å². The van der Waals surface area contributed by atoms with Gasteiger partial charge in [0, 0.05) is 40.0 Å². The first-order valence-electron chi connectivity index (χ1n) is 22.4. The first kappa shape index (κ1) is 54.0. The molecule has 1 saturated heterocycles. The number of nitrogens with zero attached hydrogens (tertiary/aromatic N) is 3. The molecule has 0 spiro atoms. The predicted octanol–water partition coefficient (Wildman–Crippen LogP) is 3.04. The topological polar surface area (TPSA) is 191 Å². The van der Waals surface area contributed by atoms with Crippen molar-refractivity contribution in [1.29, 1.82) is 0 Å². The van der Waals surface area contributed by atoms with Crippen molar-refractivity contribution >= 4 is 41.1 Å². The van der Waals surface area contributed by atoms with Gasteiger partial charge in [0.2, 0.25) is 35.4 Å². The van der Waals surface area contributed by atoms with Crippen molar-refractivity contribution in [3.63, 3.8) is 0 Å². The number of hydrogen-bond acceptors (Lipinski definition) is 10. The summed E-state index contributed by atoms with van der Waals surface area (Å²) in [7, 11) is 10.2. The molecule has 0 aliphatic carbocycles. The Labute approximate surface area is 371 Å². The Bertz CT molecular complexity index is 1620. The van der Waals surface area contributed by atoms with E-state index in [9.17, 15) is 28.8 Å². The zero-order valence-electron chi connectivity index (χ0n) is 40.3. The standard InChI is InChI=1S/C46H80N8O8/c1-16-29(6)40(53(13)46(60)38(27(2)3)51-45(59)39(28(4)5)52(11)12)36(61-14)26-37(55)54-24-18-21-35(54)41(62-15)30(7)42(56)48-23-22-33-19-17-20-34(25-33)50-44(58)32(9)49-43(57)31(8)47-10/h17,19-20,25,27-32,35-36,38-41,47H,16,18,21-24,26H2,1-15H3,(H,48,56)(H,49,57)(H,50,58)(H,51,59)/t29-,30+,31-,32-,35-,36+,38-,39-,40-,41+/m0/s1.